The Morgan fingerprint density at radius 1 is 1.23 bits per heavy atom. The Bertz CT molecular complexity index is 670. The normalized spacial score (nSPS) is 14.3. The van der Waals surface area contributed by atoms with Crippen LogP contribution in [-0.4, -0.2) is 37.3 Å². The molecule has 1 aromatic rings. The maximum atomic E-state index is 12.3. The van der Waals surface area contributed by atoms with Gasteiger partial charge in [0.1, 0.15) is 5.71 Å². The number of anilines is 1. The monoisotopic (exact) mass is 359 g/mol. The van der Waals surface area contributed by atoms with Gasteiger partial charge in [-0.15, -0.1) is 0 Å². The topological polar surface area (TPSA) is 71.0 Å². The molecule has 0 aromatic heterocycles. The summed E-state index contributed by atoms with van der Waals surface area (Å²) in [6.45, 7) is 7.98. The molecule has 142 valence electrons. The van der Waals surface area contributed by atoms with Gasteiger partial charge in [0.15, 0.2) is 0 Å². The van der Waals surface area contributed by atoms with Gasteiger partial charge in [-0.3, -0.25) is 9.59 Å². The fourth-order valence-corrected chi connectivity index (χ4v) is 2.68. The van der Waals surface area contributed by atoms with E-state index in [0.29, 0.717) is 31.7 Å². The van der Waals surface area contributed by atoms with Crippen LogP contribution in [0.1, 0.15) is 50.2 Å². The van der Waals surface area contributed by atoms with Crippen LogP contribution in [-0.2, 0) is 14.3 Å². The number of unbranched alkanes of at least 4 members (excludes halogenated alkanes) is 1. The number of carbonyl (C=O) groups is 2. The molecule has 0 aliphatic carbocycles. The van der Waals surface area contributed by atoms with Crippen molar-refractivity contribution in [2.75, 3.05) is 24.8 Å². The van der Waals surface area contributed by atoms with Gasteiger partial charge in [-0.1, -0.05) is 25.5 Å². The zero-order valence-electron chi connectivity index (χ0n) is 16.0. The van der Waals surface area contributed by atoms with Gasteiger partial charge in [0, 0.05) is 32.6 Å². The van der Waals surface area contributed by atoms with Gasteiger partial charge in [0.2, 0.25) is 5.91 Å². The second-order valence-electron chi connectivity index (χ2n) is 6.62. The molecule has 0 saturated heterocycles. The molecule has 1 aliphatic heterocycles. The second kappa shape index (κ2) is 10.1. The number of rotatable bonds is 9. The number of hydrogen-bond acceptors (Lipinski definition) is 4. The van der Waals surface area contributed by atoms with Crippen molar-refractivity contribution < 1.29 is 14.3 Å². The predicted molar refractivity (Wildman–Crippen MR) is 103 cm³/mol. The van der Waals surface area contributed by atoms with E-state index in [1.807, 2.05) is 32.0 Å². The summed E-state index contributed by atoms with van der Waals surface area (Å²) in [6.07, 6.45) is 3.61. The minimum atomic E-state index is -0.207. The molecule has 2 amide bonds. The number of hydrogen-bond donors (Lipinski definition) is 1. The zero-order chi connectivity index (χ0) is 18.9. The summed E-state index contributed by atoms with van der Waals surface area (Å²) in [5.74, 6) is -0.291. The Hall–Kier alpha value is -2.21. The minimum absolute atomic E-state index is 0.0837. The molecule has 0 unspecified atom stereocenters. The Kier molecular flexibility index (Phi) is 7.78. The average molecular weight is 359 g/mol. The van der Waals surface area contributed by atoms with Crippen LogP contribution >= 0.6 is 0 Å². The SMILES string of the molecule is CCCCOCCCNC(=O)C1=NN(c2cc(C)ccc2C)C(=O)CC1. The van der Waals surface area contributed by atoms with Crippen molar-refractivity contribution in [3.05, 3.63) is 29.3 Å². The van der Waals surface area contributed by atoms with Crippen LogP contribution in [0.25, 0.3) is 0 Å². The van der Waals surface area contributed by atoms with E-state index in [-0.39, 0.29) is 11.8 Å². The third-order valence-electron chi connectivity index (χ3n) is 4.28. The van der Waals surface area contributed by atoms with Crippen molar-refractivity contribution >= 4 is 23.2 Å². The molecule has 2 rings (SSSR count). The van der Waals surface area contributed by atoms with E-state index >= 15 is 0 Å². The highest BCUT2D eigenvalue weighted by atomic mass is 16.5. The van der Waals surface area contributed by atoms with Crippen LogP contribution in [0.2, 0.25) is 0 Å². The van der Waals surface area contributed by atoms with Gasteiger partial charge >= 0.3 is 0 Å². The molecule has 6 nitrogen and oxygen atoms in total. The molecule has 0 atom stereocenters. The molecule has 1 N–H and O–H groups in total. The predicted octanol–water partition coefficient (Wildman–Crippen LogP) is 3.11. The smallest absolute Gasteiger partial charge is 0.267 e. The third kappa shape index (κ3) is 5.66. The van der Waals surface area contributed by atoms with E-state index < -0.39 is 0 Å². The number of aryl methyl sites for hydroxylation is 2. The van der Waals surface area contributed by atoms with Crippen LogP contribution < -0.4 is 10.3 Å². The van der Waals surface area contributed by atoms with E-state index in [9.17, 15) is 9.59 Å². The molecular weight excluding hydrogens is 330 g/mol. The summed E-state index contributed by atoms with van der Waals surface area (Å²) in [5, 5.41) is 8.57. The average Bonchev–Trinajstić information content (AvgIpc) is 2.63. The maximum Gasteiger partial charge on any atom is 0.267 e. The van der Waals surface area contributed by atoms with Crippen LogP contribution in [0.4, 0.5) is 5.69 Å². The molecule has 1 aromatic carbocycles. The lowest BCUT2D eigenvalue weighted by molar-refractivity contribution is -0.119. The van der Waals surface area contributed by atoms with Crippen molar-refractivity contribution in [2.24, 2.45) is 5.10 Å². The summed E-state index contributed by atoms with van der Waals surface area (Å²) >= 11 is 0. The molecule has 0 bridgehead atoms. The zero-order valence-corrected chi connectivity index (χ0v) is 16.0. The van der Waals surface area contributed by atoms with Crippen LogP contribution in [0.3, 0.4) is 0 Å². The number of ether oxygens (including phenoxy) is 1. The summed E-state index contributed by atoms with van der Waals surface area (Å²) in [5.41, 5.74) is 3.15. The molecule has 0 spiro atoms. The second-order valence-corrected chi connectivity index (χ2v) is 6.62. The van der Waals surface area contributed by atoms with Gasteiger partial charge in [-0.25, -0.2) is 5.01 Å². The molecular formula is C20H29N3O3. The first kappa shape index (κ1) is 20.1. The van der Waals surface area contributed by atoms with Gasteiger partial charge < -0.3 is 10.1 Å². The van der Waals surface area contributed by atoms with Crippen LogP contribution in [0.5, 0.6) is 0 Å². The summed E-state index contributed by atoms with van der Waals surface area (Å²) in [7, 11) is 0. The van der Waals surface area contributed by atoms with Crippen molar-refractivity contribution in [2.45, 2.75) is 52.9 Å². The molecule has 1 aliphatic rings. The van der Waals surface area contributed by atoms with Crippen molar-refractivity contribution in [3.8, 4) is 0 Å². The lowest BCUT2D eigenvalue weighted by atomic mass is 10.1. The largest absolute Gasteiger partial charge is 0.381 e. The molecule has 0 saturated carbocycles. The lowest BCUT2D eigenvalue weighted by Gasteiger charge is -2.24. The van der Waals surface area contributed by atoms with Crippen molar-refractivity contribution in [3.63, 3.8) is 0 Å². The maximum absolute atomic E-state index is 12.3. The summed E-state index contributed by atoms with van der Waals surface area (Å²) in [6, 6.07) is 5.87. The van der Waals surface area contributed by atoms with E-state index in [2.05, 4.69) is 17.3 Å². The van der Waals surface area contributed by atoms with Gasteiger partial charge in [0.25, 0.3) is 5.91 Å². The Morgan fingerprint density at radius 2 is 2.00 bits per heavy atom. The molecule has 0 radical (unpaired) electrons. The number of nitrogens with one attached hydrogen (secondary N) is 1. The molecule has 6 heteroatoms. The standard InChI is InChI=1S/C20H29N3O3/c1-4-5-12-26-13-6-11-21-20(25)17-9-10-19(24)23(22-17)18-14-15(2)7-8-16(18)3/h7-8,14H,4-6,9-13H2,1-3H3,(H,21,25). The number of amides is 2. The quantitative estimate of drug-likeness (QED) is 0.689. The first-order valence-electron chi connectivity index (χ1n) is 9.36. The third-order valence-corrected chi connectivity index (χ3v) is 4.28. The fourth-order valence-electron chi connectivity index (χ4n) is 2.68. The molecule has 0 fully saturated rings. The molecule has 26 heavy (non-hydrogen) atoms. The van der Waals surface area contributed by atoms with E-state index in [4.69, 9.17) is 4.74 Å². The highest BCUT2D eigenvalue weighted by Crippen LogP contribution is 2.25. The number of carbonyl (C=O) groups excluding carboxylic acids is 2. The van der Waals surface area contributed by atoms with Crippen molar-refractivity contribution in [1.29, 1.82) is 0 Å². The lowest BCUT2D eigenvalue weighted by Crippen LogP contribution is -2.39. The first-order chi connectivity index (χ1) is 12.5. The van der Waals surface area contributed by atoms with Crippen molar-refractivity contribution in [1.82, 2.24) is 5.32 Å². The summed E-state index contributed by atoms with van der Waals surface area (Å²) < 4.78 is 5.48. The molecule has 1 heterocycles. The Morgan fingerprint density at radius 3 is 2.77 bits per heavy atom. The Labute approximate surface area is 155 Å². The number of nitrogens with zero attached hydrogens (tertiary/aromatic N) is 2. The van der Waals surface area contributed by atoms with Crippen LogP contribution in [0, 0.1) is 13.8 Å². The van der Waals surface area contributed by atoms with E-state index in [1.165, 1.54) is 5.01 Å². The first-order valence-corrected chi connectivity index (χ1v) is 9.36. The van der Waals surface area contributed by atoms with Gasteiger partial charge in [-0.2, -0.15) is 5.10 Å². The highest BCUT2D eigenvalue weighted by molar-refractivity contribution is 6.40. The Balaban J connectivity index is 1.93. The highest BCUT2D eigenvalue weighted by Gasteiger charge is 2.26. The van der Waals surface area contributed by atoms with E-state index in [1.54, 1.807) is 0 Å². The fraction of sp³-hybridized carbons (Fsp3) is 0.550. The van der Waals surface area contributed by atoms with E-state index in [0.717, 1.165) is 42.7 Å². The van der Waals surface area contributed by atoms with Gasteiger partial charge in [-0.05, 0) is 43.9 Å². The minimum Gasteiger partial charge on any atom is -0.381 e. The van der Waals surface area contributed by atoms with Crippen LogP contribution in [0.15, 0.2) is 23.3 Å². The van der Waals surface area contributed by atoms with Gasteiger partial charge in [0.05, 0.1) is 5.69 Å². The number of hydrazone groups is 1. The number of benzene rings is 1. The summed E-state index contributed by atoms with van der Waals surface area (Å²) in [4.78, 5) is 24.6.